The third-order valence-electron chi connectivity index (χ3n) is 5.22. The van der Waals surface area contributed by atoms with E-state index < -0.39 is 11.6 Å². The van der Waals surface area contributed by atoms with Crippen molar-refractivity contribution in [2.45, 2.75) is 57.0 Å². The fourth-order valence-electron chi connectivity index (χ4n) is 3.91. The van der Waals surface area contributed by atoms with Crippen LogP contribution in [-0.2, 0) is 5.60 Å². The molecule has 0 amide bonds. The monoisotopic (exact) mass is 292 g/mol. The van der Waals surface area contributed by atoms with Crippen molar-refractivity contribution in [2.24, 2.45) is 5.92 Å². The van der Waals surface area contributed by atoms with E-state index in [1.807, 2.05) is 0 Å². The van der Waals surface area contributed by atoms with Crippen LogP contribution in [0.15, 0.2) is 30.2 Å². The van der Waals surface area contributed by atoms with Gasteiger partial charge in [-0.25, -0.2) is 0 Å². The summed E-state index contributed by atoms with van der Waals surface area (Å²) in [6.45, 7) is 2.73. The molecule has 2 heteroatoms. The maximum Gasteiger partial charge on any atom is 0.0936 e. The number of nitrogens with zero attached hydrogens (tertiary/aromatic N) is 1. The Bertz CT molecular complexity index is 627. The predicted octanol–water partition coefficient (Wildman–Crippen LogP) is 3.94. The molecule has 1 aromatic carbocycles. The summed E-state index contributed by atoms with van der Waals surface area (Å²) in [7, 11) is 0. The second-order valence-corrected chi connectivity index (χ2v) is 6.56. The SMILES string of the molecule is [2H]c1c([2H])c([2H])c(C(O)(CCN2CCCCC2)C2CCCC2)c([2H])c1[2H]. The summed E-state index contributed by atoms with van der Waals surface area (Å²) in [5.74, 6) is -0.0455. The molecule has 2 fully saturated rings. The first-order valence-corrected chi connectivity index (χ1v) is 8.38. The molecule has 1 saturated heterocycles. The van der Waals surface area contributed by atoms with Gasteiger partial charge in [-0.15, -0.1) is 0 Å². The number of benzene rings is 1. The van der Waals surface area contributed by atoms with Gasteiger partial charge in [-0.3, -0.25) is 0 Å². The lowest BCUT2D eigenvalue weighted by Crippen LogP contribution is -2.39. The Balaban J connectivity index is 1.98. The van der Waals surface area contributed by atoms with Crippen molar-refractivity contribution in [1.82, 2.24) is 4.90 Å². The van der Waals surface area contributed by atoms with Crippen LogP contribution in [0.4, 0.5) is 0 Å². The van der Waals surface area contributed by atoms with Crippen molar-refractivity contribution >= 4 is 0 Å². The molecular formula is C19H29NO. The number of hydrogen-bond acceptors (Lipinski definition) is 2. The first-order valence-electron chi connectivity index (χ1n) is 10.9. The first-order chi connectivity index (χ1) is 12.4. The van der Waals surface area contributed by atoms with E-state index in [0.29, 0.717) is 13.0 Å². The van der Waals surface area contributed by atoms with Gasteiger partial charge in [0.15, 0.2) is 0 Å². The molecule has 1 unspecified atom stereocenters. The molecule has 3 rings (SSSR count). The molecule has 0 bridgehead atoms. The van der Waals surface area contributed by atoms with Gasteiger partial charge in [0.25, 0.3) is 0 Å². The van der Waals surface area contributed by atoms with E-state index in [9.17, 15) is 5.11 Å². The zero-order valence-corrected chi connectivity index (χ0v) is 12.7. The van der Waals surface area contributed by atoms with Gasteiger partial charge in [-0.1, -0.05) is 49.5 Å². The quantitative estimate of drug-likeness (QED) is 0.888. The van der Waals surface area contributed by atoms with Crippen LogP contribution in [0, 0.1) is 5.92 Å². The van der Waals surface area contributed by atoms with E-state index in [1.165, 1.54) is 6.42 Å². The minimum Gasteiger partial charge on any atom is -0.385 e. The van der Waals surface area contributed by atoms with Crippen molar-refractivity contribution in [3.05, 3.63) is 35.8 Å². The van der Waals surface area contributed by atoms with E-state index in [-0.39, 0.29) is 35.7 Å². The van der Waals surface area contributed by atoms with Gasteiger partial charge in [0.05, 0.1) is 12.5 Å². The molecule has 1 aliphatic heterocycles. The summed E-state index contributed by atoms with van der Waals surface area (Å²) in [6, 6.07) is -1.59. The average Bonchev–Trinajstić information content (AvgIpc) is 3.19. The molecule has 1 saturated carbocycles. The van der Waals surface area contributed by atoms with E-state index in [4.69, 9.17) is 6.85 Å². The maximum atomic E-state index is 11.7. The highest BCUT2D eigenvalue weighted by atomic mass is 16.3. The Hall–Kier alpha value is -0.860. The minimum atomic E-state index is -1.36. The molecule has 1 heterocycles. The lowest BCUT2D eigenvalue weighted by molar-refractivity contribution is -0.0378. The van der Waals surface area contributed by atoms with Gasteiger partial charge < -0.3 is 10.0 Å². The second-order valence-electron chi connectivity index (χ2n) is 6.56. The van der Waals surface area contributed by atoms with Crippen LogP contribution >= 0.6 is 0 Å². The zero-order valence-electron chi connectivity index (χ0n) is 17.7. The number of hydrogen-bond donors (Lipinski definition) is 1. The first kappa shape index (κ1) is 10.0. The molecule has 1 aromatic rings. The Kier molecular flexibility index (Phi) is 3.31. The summed E-state index contributed by atoms with van der Waals surface area (Å²) in [5.41, 5.74) is -1.26. The third-order valence-corrected chi connectivity index (χ3v) is 5.22. The number of likely N-dealkylation sites (tertiary alicyclic amines) is 1. The van der Waals surface area contributed by atoms with E-state index in [2.05, 4.69) is 4.90 Å². The van der Waals surface area contributed by atoms with Crippen LogP contribution in [0.3, 0.4) is 0 Å². The van der Waals surface area contributed by atoms with Gasteiger partial charge in [0.1, 0.15) is 0 Å². The Morgan fingerprint density at radius 2 is 1.71 bits per heavy atom. The van der Waals surface area contributed by atoms with Crippen molar-refractivity contribution < 1.29 is 12.0 Å². The van der Waals surface area contributed by atoms with Gasteiger partial charge in [-0.2, -0.15) is 0 Å². The third kappa shape index (κ3) is 3.49. The van der Waals surface area contributed by atoms with Gasteiger partial charge in [-0.05, 0) is 56.7 Å². The van der Waals surface area contributed by atoms with Gasteiger partial charge in [0.2, 0.25) is 0 Å². The van der Waals surface area contributed by atoms with Crippen LogP contribution in [0.5, 0.6) is 0 Å². The average molecular weight is 292 g/mol. The van der Waals surface area contributed by atoms with Gasteiger partial charge in [0, 0.05) is 6.54 Å². The smallest absolute Gasteiger partial charge is 0.0936 e. The second kappa shape index (κ2) is 6.93. The van der Waals surface area contributed by atoms with Crippen LogP contribution < -0.4 is 0 Å². The van der Waals surface area contributed by atoms with E-state index in [0.717, 1.165) is 51.6 Å². The Morgan fingerprint density at radius 1 is 1.05 bits per heavy atom. The molecular weight excluding hydrogens is 258 g/mol. The van der Waals surface area contributed by atoms with Crippen molar-refractivity contribution in [3.63, 3.8) is 0 Å². The molecule has 21 heavy (non-hydrogen) atoms. The maximum absolute atomic E-state index is 11.7. The molecule has 0 aromatic heterocycles. The molecule has 2 nitrogen and oxygen atoms in total. The minimum absolute atomic E-state index is 0.0455. The highest BCUT2D eigenvalue weighted by Crippen LogP contribution is 2.42. The summed E-state index contributed by atoms with van der Waals surface area (Å²) in [4.78, 5) is 2.33. The van der Waals surface area contributed by atoms with Gasteiger partial charge >= 0.3 is 0 Å². The molecule has 0 spiro atoms. The van der Waals surface area contributed by atoms with Crippen molar-refractivity contribution in [1.29, 1.82) is 0 Å². The number of piperidine rings is 1. The van der Waals surface area contributed by atoms with Crippen LogP contribution in [-0.4, -0.2) is 29.6 Å². The predicted molar refractivity (Wildman–Crippen MR) is 87.2 cm³/mol. The summed E-state index contributed by atoms with van der Waals surface area (Å²) in [5, 5.41) is 11.7. The number of aliphatic hydroxyl groups is 1. The fraction of sp³-hybridized carbons (Fsp3) is 0.684. The topological polar surface area (TPSA) is 23.5 Å². The highest BCUT2D eigenvalue weighted by molar-refractivity contribution is 5.23. The summed E-state index contributed by atoms with van der Waals surface area (Å²) < 4.78 is 40.5. The molecule has 1 N–H and O–H groups in total. The van der Waals surface area contributed by atoms with Crippen LogP contribution in [0.1, 0.15) is 63.8 Å². The van der Waals surface area contributed by atoms with Crippen molar-refractivity contribution in [3.8, 4) is 0 Å². The molecule has 1 aliphatic carbocycles. The van der Waals surface area contributed by atoms with E-state index in [1.54, 1.807) is 0 Å². The molecule has 2 aliphatic rings. The normalized spacial score (nSPS) is 27.4. The molecule has 116 valence electrons. The highest BCUT2D eigenvalue weighted by Gasteiger charge is 2.39. The standard InChI is InChI=1S/C19H29NO/c21-19(18-11-5-6-12-18,17-9-3-1-4-10-17)13-16-20-14-7-2-8-15-20/h1,3-4,9-10,18,21H,2,5-8,11-16H2/i1D,3D,4D,9D,10D. The summed E-state index contributed by atoms with van der Waals surface area (Å²) >= 11 is 0. The Morgan fingerprint density at radius 3 is 2.38 bits per heavy atom. The number of rotatable bonds is 5. The zero-order chi connectivity index (χ0) is 18.9. The molecule has 1 atom stereocenters. The Labute approximate surface area is 136 Å². The van der Waals surface area contributed by atoms with E-state index >= 15 is 0 Å². The largest absolute Gasteiger partial charge is 0.385 e. The summed E-state index contributed by atoms with van der Waals surface area (Å²) in [6.07, 6.45) is 7.73. The van der Waals surface area contributed by atoms with Crippen LogP contribution in [0.2, 0.25) is 0 Å². The lowest BCUT2D eigenvalue weighted by Gasteiger charge is -2.37. The van der Waals surface area contributed by atoms with Crippen molar-refractivity contribution in [2.75, 3.05) is 19.6 Å². The fourth-order valence-corrected chi connectivity index (χ4v) is 3.91. The lowest BCUT2D eigenvalue weighted by atomic mass is 9.77. The molecule has 0 radical (unpaired) electrons. The van der Waals surface area contributed by atoms with Crippen LogP contribution in [0.25, 0.3) is 0 Å².